The highest BCUT2D eigenvalue weighted by Crippen LogP contribution is 2.27. The minimum Gasteiger partial charge on any atom is -0.462 e. The number of nitrogen functional groups attached to an aromatic ring is 1. The number of carbonyl (C=O) groups is 1. The Morgan fingerprint density at radius 3 is 2.95 bits per heavy atom. The Hall–Kier alpha value is -1.75. The van der Waals surface area contributed by atoms with Gasteiger partial charge in [0.1, 0.15) is 0 Å². The Labute approximate surface area is 125 Å². The number of hydrogen-bond acceptors (Lipinski definition) is 5. The molecule has 1 unspecified atom stereocenters. The van der Waals surface area contributed by atoms with Crippen LogP contribution < -0.4 is 11.1 Å². The van der Waals surface area contributed by atoms with Crippen molar-refractivity contribution in [1.29, 1.82) is 0 Å². The number of nitrogens with one attached hydrogen (secondary N) is 1. The SMILES string of the molecule is CCOC(=O)c1cc(NC2CCOC(C)(C)C2)ccc1N. The molecule has 2 rings (SSSR count). The van der Waals surface area contributed by atoms with Crippen LogP contribution in [0.2, 0.25) is 0 Å². The van der Waals surface area contributed by atoms with Crippen molar-refractivity contribution in [3.8, 4) is 0 Å². The minimum absolute atomic E-state index is 0.117. The first-order valence-corrected chi connectivity index (χ1v) is 7.38. The molecule has 1 saturated heterocycles. The number of nitrogens with two attached hydrogens (primary N) is 1. The molecule has 1 heterocycles. The van der Waals surface area contributed by atoms with E-state index in [0.717, 1.165) is 25.1 Å². The third-order valence-corrected chi connectivity index (χ3v) is 3.62. The lowest BCUT2D eigenvalue weighted by atomic mass is 9.93. The van der Waals surface area contributed by atoms with Crippen molar-refractivity contribution in [2.45, 2.75) is 45.3 Å². The van der Waals surface area contributed by atoms with Gasteiger partial charge in [0.2, 0.25) is 0 Å². The van der Waals surface area contributed by atoms with Gasteiger partial charge in [-0.15, -0.1) is 0 Å². The molecular weight excluding hydrogens is 268 g/mol. The third-order valence-electron chi connectivity index (χ3n) is 3.62. The molecule has 0 aromatic heterocycles. The molecule has 1 aliphatic heterocycles. The third kappa shape index (κ3) is 4.11. The number of rotatable bonds is 4. The Morgan fingerprint density at radius 1 is 1.52 bits per heavy atom. The van der Waals surface area contributed by atoms with E-state index in [1.165, 1.54) is 0 Å². The van der Waals surface area contributed by atoms with Crippen molar-refractivity contribution in [3.05, 3.63) is 23.8 Å². The fourth-order valence-corrected chi connectivity index (χ4v) is 2.62. The van der Waals surface area contributed by atoms with Crippen molar-refractivity contribution in [3.63, 3.8) is 0 Å². The van der Waals surface area contributed by atoms with Gasteiger partial charge in [-0.3, -0.25) is 0 Å². The van der Waals surface area contributed by atoms with Crippen LogP contribution in [0, 0.1) is 0 Å². The molecule has 21 heavy (non-hydrogen) atoms. The highest BCUT2D eigenvalue weighted by molar-refractivity contribution is 5.96. The van der Waals surface area contributed by atoms with Crippen LogP contribution in [0.25, 0.3) is 0 Å². The lowest BCUT2D eigenvalue weighted by Gasteiger charge is -2.36. The molecular formula is C16H24N2O3. The number of carbonyl (C=O) groups excluding carboxylic acids is 1. The standard InChI is InChI=1S/C16H24N2O3/c1-4-20-15(19)13-9-11(5-6-14(13)17)18-12-7-8-21-16(2,3)10-12/h5-6,9,12,18H,4,7-8,10,17H2,1-3H3. The number of hydrogen-bond donors (Lipinski definition) is 2. The van der Waals surface area contributed by atoms with E-state index < -0.39 is 0 Å². The van der Waals surface area contributed by atoms with E-state index in [9.17, 15) is 4.79 Å². The first-order valence-electron chi connectivity index (χ1n) is 7.38. The number of esters is 1. The predicted molar refractivity (Wildman–Crippen MR) is 83.5 cm³/mol. The van der Waals surface area contributed by atoms with Crippen LogP contribution in [0.3, 0.4) is 0 Å². The molecule has 1 atom stereocenters. The maximum absolute atomic E-state index is 11.9. The lowest BCUT2D eigenvalue weighted by Crippen LogP contribution is -2.40. The number of ether oxygens (including phenoxy) is 2. The molecule has 1 aliphatic rings. The summed E-state index contributed by atoms with van der Waals surface area (Å²) in [5.74, 6) is -0.383. The fourth-order valence-electron chi connectivity index (χ4n) is 2.62. The van der Waals surface area contributed by atoms with E-state index in [2.05, 4.69) is 19.2 Å². The van der Waals surface area contributed by atoms with E-state index in [4.69, 9.17) is 15.2 Å². The van der Waals surface area contributed by atoms with E-state index in [0.29, 0.717) is 23.9 Å². The van der Waals surface area contributed by atoms with Crippen LogP contribution in [0.4, 0.5) is 11.4 Å². The average molecular weight is 292 g/mol. The molecule has 0 saturated carbocycles. The summed E-state index contributed by atoms with van der Waals surface area (Å²) in [5, 5.41) is 3.46. The van der Waals surface area contributed by atoms with Gasteiger partial charge in [0, 0.05) is 24.0 Å². The topological polar surface area (TPSA) is 73.6 Å². The average Bonchev–Trinajstić information content (AvgIpc) is 2.40. The second-order valence-electron chi connectivity index (χ2n) is 5.96. The van der Waals surface area contributed by atoms with Gasteiger partial charge in [-0.1, -0.05) is 0 Å². The molecule has 116 valence electrons. The molecule has 1 aromatic rings. The van der Waals surface area contributed by atoms with Crippen LogP contribution in [0.5, 0.6) is 0 Å². The summed E-state index contributed by atoms with van der Waals surface area (Å²) >= 11 is 0. The molecule has 0 spiro atoms. The number of benzene rings is 1. The zero-order chi connectivity index (χ0) is 15.5. The molecule has 5 nitrogen and oxygen atoms in total. The van der Waals surface area contributed by atoms with Crippen molar-refractivity contribution in [2.75, 3.05) is 24.3 Å². The van der Waals surface area contributed by atoms with E-state index in [1.54, 1.807) is 19.1 Å². The second-order valence-corrected chi connectivity index (χ2v) is 5.96. The van der Waals surface area contributed by atoms with Crippen LogP contribution in [0.15, 0.2) is 18.2 Å². The Morgan fingerprint density at radius 2 is 2.29 bits per heavy atom. The molecule has 3 N–H and O–H groups in total. The van der Waals surface area contributed by atoms with E-state index >= 15 is 0 Å². The van der Waals surface area contributed by atoms with Gasteiger partial charge in [-0.05, 0) is 51.8 Å². The molecule has 0 aliphatic carbocycles. The Balaban J connectivity index is 2.10. The monoisotopic (exact) mass is 292 g/mol. The predicted octanol–water partition coefficient (Wildman–Crippen LogP) is 2.82. The van der Waals surface area contributed by atoms with E-state index in [1.807, 2.05) is 6.07 Å². The van der Waals surface area contributed by atoms with Gasteiger partial charge in [-0.25, -0.2) is 4.79 Å². The van der Waals surface area contributed by atoms with Crippen LogP contribution in [-0.4, -0.2) is 30.8 Å². The van der Waals surface area contributed by atoms with Gasteiger partial charge in [-0.2, -0.15) is 0 Å². The summed E-state index contributed by atoms with van der Waals surface area (Å²) in [5.41, 5.74) is 7.46. The van der Waals surface area contributed by atoms with Crippen LogP contribution in [0.1, 0.15) is 44.0 Å². The molecule has 1 aromatic carbocycles. The fraction of sp³-hybridized carbons (Fsp3) is 0.562. The number of anilines is 2. The summed E-state index contributed by atoms with van der Waals surface area (Å²) < 4.78 is 10.7. The van der Waals surface area contributed by atoms with Crippen molar-refractivity contribution >= 4 is 17.3 Å². The zero-order valence-electron chi connectivity index (χ0n) is 12.9. The zero-order valence-corrected chi connectivity index (χ0v) is 12.9. The minimum atomic E-state index is -0.383. The van der Waals surface area contributed by atoms with Crippen LogP contribution in [-0.2, 0) is 9.47 Å². The van der Waals surface area contributed by atoms with Crippen molar-refractivity contribution < 1.29 is 14.3 Å². The summed E-state index contributed by atoms with van der Waals surface area (Å²) in [6, 6.07) is 5.71. The van der Waals surface area contributed by atoms with Crippen molar-refractivity contribution in [2.24, 2.45) is 0 Å². The van der Waals surface area contributed by atoms with Crippen LogP contribution >= 0.6 is 0 Å². The normalized spacial score (nSPS) is 20.8. The largest absolute Gasteiger partial charge is 0.462 e. The van der Waals surface area contributed by atoms with Crippen molar-refractivity contribution in [1.82, 2.24) is 0 Å². The maximum Gasteiger partial charge on any atom is 0.340 e. The molecule has 5 heteroatoms. The second kappa shape index (κ2) is 6.35. The first-order chi connectivity index (χ1) is 9.91. The van der Waals surface area contributed by atoms with Gasteiger partial charge >= 0.3 is 5.97 Å². The highest BCUT2D eigenvalue weighted by atomic mass is 16.5. The Kier molecular flexibility index (Phi) is 4.73. The quantitative estimate of drug-likeness (QED) is 0.659. The smallest absolute Gasteiger partial charge is 0.340 e. The maximum atomic E-state index is 11.9. The lowest BCUT2D eigenvalue weighted by molar-refractivity contribution is -0.0553. The van der Waals surface area contributed by atoms with Gasteiger partial charge in [0.25, 0.3) is 0 Å². The first kappa shape index (κ1) is 15.6. The molecule has 0 radical (unpaired) electrons. The molecule has 1 fully saturated rings. The molecule has 0 bridgehead atoms. The summed E-state index contributed by atoms with van der Waals surface area (Å²) in [4.78, 5) is 11.9. The summed E-state index contributed by atoms with van der Waals surface area (Å²) in [6.07, 6.45) is 1.87. The van der Waals surface area contributed by atoms with E-state index in [-0.39, 0.29) is 11.6 Å². The molecule has 0 amide bonds. The summed E-state index contributed by atoms with van der Waals surface area (Å²) in [6.45, 7) is 7.04. The Bertz CT molecular complexity index is 514. The summed E-state index contributed by atoms with van der Waals surface area (Å²) in [7, 11) is 0. The van der Waals surface area contributed by atoms with Gasteiger partial charge in [0.15, 0.2) is 0 Å². The highest BCUT2D eigenvalue weighted by Gasteiger charge is 2.28. The van der Waals surface area contributed by atoms with Gasteiger partial charge < -0.3 is 20.5 Å². The van der Waals surface area contributed by atoms with Gasteiger partial charge in [0.05, 0.1) is 17.8 Å².